The van der Waals surface area contributed by atoms with Crippen molar-refractivity contribution in [2.75, 3.05) is 20.3 Å². The Balaban J connectivity index is 1.35. The van der Waals surface area contributed by atoms with E-state index in [2.05, 4.69) is 17.4 Å². The minimum atomic E-state index is -0.688. The summed E-state index contributed by atoms with van der Waals surface area (Å²) in [5.41, 5.74) is 3.92. The van der Waals surface area contributed by atoms with E-state index in [0.717, 1.165) is 27.2 Å². The maximum Gasteiger partial charge on any atom is 0.417 e. The summed E-state index contributed by atoms with van der Waals surface area (Å²) in [5, 5.41) is 2.72. The van der Waals surface area contributed by atoms with Gasteiger partial charge in [0.25, 0.3) is 5.91 Å². The maximum absolute atomic E-state index is 13.1. The highest BCUT2D eigenvalue weighted by molar-refractivity contribution is 6.02. The highest BCUT2D eigenvalue weighted by atomic mass is 16.6. The molecule has 0 aromatic heterocycles. The highest BCUT2D eigenvalue weighted by Crippen LogP contribution is 2.44. The van der Waals surface area contributed by atoms with Gasteiger partial charge in [-0.15, -0.1) is 0 Å². The Morgan fingerprint density at radius 1 is 0.973 bits per heavy atom. The van der Waals surface area contributed by atoms with Crippen molar-refractivity contribution in [1.82, 2.24) is 10.2 Å². The van der Waals surface area contributed by atoms with Gasteiger partial charge in [0.1, 0.15) is 24.0 Å². The first-order valence-corrected chi connectivity index (χ1v) is 12.6. The topological polar surface area (TPSA) is 94.2 Å². The van der Waals surface area contributed by atoms with Crippen molar-refractivity contribution in [2.24, 2.45) is 0 Å². The number of unbranched alkanes of at least 4 members (excludes halogenated alkanes) is 1. The first-order chi connectivity index (χ1) is 17.7. The smallest absolute Gasteiger partial charge is 0.417 e. The van der Waals surface area contributed by atoms with Gasteiger partial charge < -0.3 is 19.5 Å². The molecule has 0 saturated heterocycles. The van der Waals surface area contributed by atoms with Crippen LogP contribution < -0.4 is 5.32 Å². The van der Waals surface area contributed by atoms with E-state index in [4.69, 9.17) is 14.2 Å². The van der Waals surface area contributed by atoms with E-state index < -0.39 is 29.7 Å². The summed E-state index contributed by atoms with van der Waals surface area (Å²) in [6, 6.07) is 15.6. The SMILES string of the molecule is COC1=CC(=O)N(C(=O)OCC2c3ccccc3-c3ccccc32)[C@H]1CCCCNC(=O)OC(C)(C)C. The lowest BCUT2D eigenvalue weighted by Gasteiger charge is -2.25. The van der Waals surface area contributed by atoms with Gasteiger partial charge in [-0.05, 0) is 62.3 Å². The van der Waals surface area contributed by atoms with E-state index in [0.29, 0.717) is 31.6 Å². The summed E-state index contributed by atoms with van der Waals surface area (Å²) in [6.45, 7) is 5.97. The molecule has 1 aliphatic carbocycles. The molecule has 0 radical (unpaired) electrons. The molecule has 2 aromatic rings. The van der Waals surface area contributed by atoms with Gasteiger partial charge in [-0.25, -0.2) is 14.5 Å². The number of carbonyl (C=O) groups excluding carboxylic acids is 3. The van der Waals surface area contributed by atoms with E-state index in [1.165, 1.54) is 13.2 Å². The predicted molar refractivity (Wildman–Crippen MR) is 139 cm³/mol. The van der Waals surface area contributed by atoms with Gasteiger partial charge in [-0.2, -0.15) is 0 Å². The van der Waals surface area contributed by atoms with E-state index in [1.54, 1.807) is 20.8 Å². The molecule has 1 aliphatic heterocycles. The van der Waals surface area contributed by atoms with Crippen molar-refractivity contribution in [3.05, 3.63) is 71.5 Å². The molecule has 8 nitrogen and oxygen atoms in total. The Kier molecular flexibility index (Phi) is 7.86. The molecule has 1 atom stereocenters. The van der Waals surface area contributed by atoms with E-state index in [1.807, 2.05) is 36.4 Å². The minimum absolute atomic E-state index is 0.0960. The van der Waals surface area contributed by atoms with E-state index >= 15 is 0 Å². The monoisotopic (exact) mass is 506 g/mol. The van der Waals surface area contributed by atoms with Crippen molar-refractivity contribution >= 4 is 18.1 Å². The summed E-state index contributed by atoms with van der Waals surface area (Å²) >= 11 is 0. The van der Waals surface area contributed by atoms with Gasteiger partial charge >= 0.3 is 12.2 Å². The van der Waals surface area contributed by atoms with Gasteiger partial charge in [0.2, 0.25) is 0 Å². The number of rotatable bonds is 8. The molecule has 196 valence electrons. The van der Waals surface area contributed by atoms with Gasteiger partial charge in [0.15, 0.2) is 0 Å². The number of hydrogen-bond acceptors (Lipinski definition) is 6. The highest BCUT2D eigenvalue weighted by Gasteiger charge is 2.40. The fourth-order valence-corrected chi connectivity index (χ4v) is 4.88. The third-order valence-electron chi connectivity index (χ3n) is 6.48. The number of methoxy groups -OCH3 is 1. The molecule has 1 heterocycles. The van der Waals surface area contributed by atoms with Crippen LogP contribution in [0.2, 0.25) is 0 Å². The summed E-state index contributed by atoms with van der Waals surface area (Å²) in [4.78, 5) is 38.8. The van der Waals surface area contributed by atoms with Crippen LogP contribution >= 0.6 is 0 Å². The second-order valence-corrected chi connectivity index (χ2v) is 10.2. The zero-order chi connectivity index (χ0) is 26.6. The molecule has 0 fully saturated rings. The molecule has 2 aromatic carbocycles. The lowest BCUT2D eigenvalue weighted by molar-refractivity contribution is -0.124. The molecule has 1 N–H and O–H groups in total. The number of ether oxygens (including phenoxy) is 3. The lowest BCUT2D eigenvalue weighted by Crippen LogP contribution is -2.41. The summed E-state index contributed by atoms with van der Waals surface area (Å²) in [7, 11) is 1.48. The number of nitrogens with zero attached hydrogens (tertiary/aromatic N) is 1. The zero-order valence-corrected chi connectivity index (χ0v) is 21.8. The molecule has 0 unspecified atom stereocenters. The number of alkyl carbamates (subject to hydrolysis) is 1. The van der Waals surface area contributed by atoms with Crippen molar-refractivity contribution in [2.45, 2.75) is 57.6 Å². The van der Waals surface area contributed by atoms with Gasteiger partial charge in [0.05, 0.1) is 7.11 Å². The van der Waals surface area contributed by atoms with Crippen LogP contribution in [0.3, 0.4) is 0 Å². The van der Waals surface area contributed by atoms with Gasteiger partial charge in [-0.3, -0.25) is 4.79 Å². The molecular formula is C29H34N2O6. The van der Waals surface area contributed by atoms with Crippen LogP contribution in [0.1, 0.15) is 57.1 Å². The first kappa shape index (κ1) is 26.3. The number of benzene rings is 2. The molecule has 37 heavy (non-hydrogen) atoms. The summed E-state index contributed by atoms with van der Waals surface area (Å²) in [5.74, 6) is -0.120. The lowest BCUT2D eigenvalue weighted by atomic mass is 9.98. The molecule has 0 spiro atoms. The van der Waals surface area contributed by atoms with Gasteiger partial charge in [-0.1, -0.05) is 48.5 Å². The van der Waals surface area contributed by atoms with E-state index in [-0.39, 0.29) is 12.5 Å². The number of nitrogens with one attached hydrogen (secondary N) is 1. The van der Waals surface area contributed by atoms with Crippen LogP contribution in [0.15, 0.2) is 60.4 Å². The van der Waals surface area contributed by atoms with Crippen LogP contribution in [0.4, 0.5) is 9.59 Å². The predicted octanol–water partition coefficient (Wildman–Crippen LogP) is 5.37. The Hall–Kier alpha value is -3.81. The molecule has 8 heteroatoms. The molecule has 4 rings (SSSR count). The first-order valence-electron chi connectivity index (χ1n) is 12.6. The van der Waals surface area contributed by atoms with Crippen LogP contribution in [0, 0.1) is 0 Å². The van der Waals surface area contributed by atoms with Crippen molar-refractivity contribution in [1.29, 1.82) is 0 Å². The summed E-state index contributed by atoms with van der Waals surface area (Å²) < 4.78 is 16.4. The number of imide groups is 1. The Morgan fingerprint density at radius 2 is 1.59 bits per heavy atom. The number of amides is 3. The third-order valence-corrected chi connectivity index (χ3v) is 6.48. The van der Waals surface area contributed by atoms with Crippen LogP contribution in [0.5, 0.6) is 0 Å². The quantitative estimate of drug-likeness (QED) is 0.484. The molecule has 0 saturated carbocycles. The Labute approximate surface area is 217 Å². The van der Waals surface area contributed by atoms with Crippen molar-refractivity contribution < 1.29 is 28.6 Å². The molecule has 2 aliphatic rings. The molecular weight excluding hydrogens is 472 g/mol. The largest absolute Gasteiger partial charge is 0.499 e. The Bertz CT molecular complexity index is 1150. The van der Waals surface area contributed by atoms with Crippen molar-refractivity contribution in [3.63, 3.8) is 0 Å². The normalized spacial score (nSPS) is 16.6. The van der Waals surface area contributed by atoms with Gasteiger partial charge in [0, 0.05) is 18.5 Å². The second kappa shape index (κ2) is 11.1. The van der Waals surface area contributed by atoms with Crippen LogP contribution in [-0.4, -0.2) is 54.9 Å². The summed E-state index contributed by atoms with van der Waals surface area (Å²) in [6.07, 6.45) is 1.98. The van der Waals surface area contributed by atoms with Crippen LogP contribution in [-0.2, 0) is 19.0 Å². The fraction of sp³-hybridized carbons (Fsp3) is 0.414. The van der Waals surface area contributed by atoms with Crippen LogP contribution in [0.25, 0.3) is 11.1 Å². The van der Waals surface area contributed by atoms with E-state index in [9.17, 15) is 14.4 Å². The average Bonchev–Trinajstić information content (AvgIpc) is 3.35. The second-order valence-electron chi connectivity index (χ2n) is 10.2. The minimum Gasteiger partial charge on any atom is -0.499 e. The molecule has 3 amide bonds. The number of hydrogen-bond donors (Lipinski definition) is 1. The third kappa shape index (κ3) is 5.96. The Morgan fingerprint density at radius 3 is 2.19 bits per heavy atom. The standard InChI is InChI=1S/C29H34N2O6/c1-29(2,3)37-27(33)30-16-10-9-15-24-25(35-4)17-26(32)31(24)28(34)36-18-23-21-13-7-5-11-19(21)20-12-6-8-14-22(20)23/h5-8,11-14,17,23-24H,9-10,15-16,18H2,1-4H3,(H,30,33)/t24-/m0/s1. The number of fused-ring (bicyclic) bond motifs is 3. The van der Waals surface area contributed by atoms with Crippen molar-refractivity contribution in [3.8, 4) is 11.1 Å². The average molecular weight is 507 g/mol. The maximum atomic E-state index is 13.1. The number of carbonyl (C=O) groups is 3. The molecule has 0 bridgehead atoms. The fourth-order valence-electron chi connectivity index (χ4n) is 4.88. The zero-order valence-electron chi connectivity index (χ0n) is 21.8.